The minimum absolute atomic E-state index is 0.135. The average Bonchev–Trinajstić information content (AvgIpc) is 2.30. The molecule has 1 aromatic rings. The maximum Gasteiger partial charge on any atom is 0.123 e. The predicted molar refractivity (Wildman–Crippen MR) is 55.0 cm³/mol. The summed E-state index contributed by atoms with van der Waals surface area (Å²) in [7, 11) is 0. The molecule has 1 fully saturated rings. The Morgan fingerprint density at radius 2 is 2.00 bits per heavy atom. The first kappa shape index (κ1) is 10.6. The van der Waals surface area contributed by atoms with Gasteiger partial charge in [-0.15, -0.1) is 0 Å². The van der Waals surface area contributed by atoms with Gasteiger partial charge in [-0.25, -0.2) is 4.39 Å². The molecule has 1 aromatic carbocycles. The van der Waals surface area contributed by atoms with Crippen LogP contribution in [-0.4, -0.2) is 17.8 Å². The van der Waals surface area contributed by atoms with Crippen LogP contribution in [0.5, 0.6) is 0 Å². The monoisotopic (exact) mass is 210 g/mol. The number of ether oxygens (including phenoxy) is 1. The first-order chi connectivity index (χ1) is 7.27. The molecule has 0 bridgehead atoms. The van der Waals surface area contributed by atoms with E-state index >= 15 is 0 Å². The van der Waals surface area contributed by atoms with Crippen LogP contribution < -0.4 is 0 Å². The zero-order valence-corrected chi connectivity index (χ0v) is 8.53. The lowest BCUT2D eigenvalue weighted by Gasteiger charge is -2.27. The van der Waals surface area contributed by atoms with Crippen molar-refractivity contribution < 1.29 is 14.2 Å². The second kappa shape index (κ2) is 4.73. The van der Waals surface area contributed by atoms with Crippen molar-refractivity contribution in [2.45, 2.75) is 31.5 Å². The van der Waals surface area contributed by atoms with E-state index in [1.165, 1.54) is 12.1 Å². The normalized spacial score (nSPS) is 23.7. The highest BCUT2D eigenvalue weighted by atomic mass is 19.1. The molecule has 0 spiro atoms. The van der Waals surface area contributed by atoms with Crippen LogP contribution in [0.4, 0.5) is 4.39 Å². The van der Waals surface area contributed by atoms with Gasteiger partial charge in [0.25, 0.3) is 0 Å². The van der Waals surface area contributed by atoms with E-state index in [1.54, 1.807) is 12.1 Å². The van der Waals surface area contributed by atoms with Gasteiger partial charge in [-0.2, -0.15) is 0 Å². The second-order valence-electron chi connectivity index (χ2n) is 3.90. The minimum atomic E-state index is -0.633. The third-order valence-corrected chi connectivity index (χ3v) is 2.78. The summed E-state index contributed by atoms with van der Waals surface area (Å²) >= 11 is 0. The van der Waals surface area contributed by atoms with Crippen LogP contribution in [0.2, 0.25) is 0 Å². The van der Waals surface area contributed by atoms with Crippen LogP contribution in [0.3, 0.4) is 0 Å². The summed E-state index contributed by atoms with van der Waals surface area (Å²) in [6.07, 6.45) is 2.25. The molecule has 0 amide bonds. The zero-order valence-electron chi connectivity index (χ0n) is 8.53. The van der Waals surface area contributed by atoms with Gasteiger partial charge in [-0.3, -0.25) is 0 Å². The largest absolute Gasteiger partial charge is 0.386 e. The van der Waals surface area contributed by atoms with E-state index in [9.17, 15) is 9.50 Å². The van der Waals surface area contributed by atoms with Crippen molar-refractivity contribution in [1.29, 1.82) is 0 Å². The molecular weight excluding hydrogens is 195 g/mol. The predicted octanol–water partition coefficient (Wildman–Crippen LogP) is 2.43. The standard InChI is InChI=1S/C12H15FO2/c13-10-6-4-9(5-7-10)12(14)11-3-1-2-8-15-11/h4-7,11-12,14H,1-3,8H2. The number of rotatable bonds is 2. The Morgan fingerprint density at radius 1 is 1.27 bits per heavy atom. The Labute approximate surface area is 88.7 Å². The first-order valence-corrected chi connectivity index (χ1v) is 5.32. The number of halogens is 1. The fourth-order valence-corrected chi connectivity index (χ4v) is 1.89. The summed E-state index contributed by atoms with van der Waals surface area (Å²) < 4.78 is 18.2. The number of hydrogen-bond acceptors (Lipinski definition) is 2. The molecular formula is C12H15FO2. The fraction of sp³-hybridized carbons (Fsp3) is 0.500. The van der Waals surface area contributed by atoms with E-state index in [0.29, 0.717) is 6.61 Å². The summed E-state index contributed by atoms with van der Waals surface area (Å²) in [6, 6.07) is 5.94. The highest BCUT2D eigenvalue weighted by molar-refractivity contribution is 5.19. The Morgan fingerprint density at radius 3 is 2.60 bits per heavy atom. The van der Waals surface area contributed by atoms with Crippen molar-refractivity contribution in [1.82, 2.24) is 0 Å². The van der Waals surface area contributed by atoms with Gasteiger partial charge in [-0.05, 0) is 37.0 Å². The molecule has 1 heterocycles. The average molecular weight is 210 g/mol. The van der Waals surface area contributed by atoms with Crippen LogP contribution in [-0.2, 0) is 4.74 Å². The first-order valence-electron chi connectivity index (χ1n) is 5.32. The number of benzene rings is 1. The molecule has 3 heteroatoms. The van der Waals surface area contributed by atoms with Crippen molar-refractivity contribution in [3.63, 3.8) is 0 Å². The SMILES string of the molecule is OC(c1ccc(F)cc1)C1CCCCO1. The molecule has 2 unspecified atom stereocenters. The van der Waals surface area contributed by atoms with Gasteiger partial charge >= 0.3 is 0 Å². The van der Waals surface area contributed by atoms with Gasteiger partial charge in [0, 0.05) is 6.61 Å². The highest BCUT2D eigenvalue weighted by Crippen LogP contribution is 2.26. The second-order valence-corrected chi connectivity index (χ2v) is 3.90. The zero-order chi connectivity index (χ0) is 10.7. The molecule has 0 aliphatic carbocycles. The molecule has 15 heavy (non-hydrogen) atoms. The van der Waals surface area contributed by atoms with E-state index in [1.807, 2.05) is 0 Å². The molecule has 0 saturated carbocycles. The van der Waals surface area contributed by atoms with Crippen molar-refractivity contribution in [2.75, 3.05) is 6.61 Å². The van der Waals surface area contributed by atoms with Gasteiger partial charge in [0.15, 0.2) is 0 Å². The maximum absolute atomic E-state index is 12.7. The summed E-state index contributed by atoms with van der Waals surface area (Å²) in [5.41, 5.74) is 0.725. The Hall–Kier alpha value is -0.930. The molecule has 1 aliphatic rings. The third-order valence-electron chi connectivity index (χ3n) is 2.78. The summed E-state index contributed by atoms with van der Waals surface area (Å²) in [5.74, 6) is -0.282. The molecule has 1 N–H and O–H groups in total. The molecule has 1 aliphatic heterocycles. The Balaban J connectivity index is 2.05. The molecule has 82 valence electrons. The van der Waals surface area contributed by atoms with Crippen LogP contribution in [0.1, 0.15) is 30.9 Å². The van der Waals surface area contributed by atoms with Gasteiger partial charge in [0.2, 0.25) is 0 Å². The van der Waals surface area contributed by atoms with Crippen molar-refractivity contribution >= 4 is 0 Å². The molecule has 2 rings (SSSR count). The molecule has 1 saturated heterocycles. The number of aliphatic hydroxyl groups excluding tert-OH is 1. The van der Waals surface area contributed by atoms with Crippen LogP contribution >= 0.6 is 0 Å². The summed E-state index contributed by atoms with van der Waals surface area (Å²) in [6.45, 7) is 0.711. The molecule has 2 nitrogen and oxygen atoms in total. The van der Waals surface area contributed by atoms with E-state index < -0.39 is 6.10 Å². The molecule has 2 atom stereocenters. The smallest absolute Gasteiger partial charge is 0.123 e. The Kier molecular flexibility index (Phi) is 3.34. The van der Waals surface area contributed by atoms with Crippen LogP contribution in [0, 0.1) is 5.82 Å². The number of hydrogen-bond donors (Lipinski definition) is 1. The van der Waals surface area contributed by atoms with E-state index in [-0.39, 0.29) is 11.9 Å². The van der Waals surface area contributed by atoms with E-state index in [2.05, 4.69) is 0 Å². The summed E-state index contributed by atoms with van der Waals surface area (Å²) in [5, 5.41) is 9.99. The quantitative estimate of drug-likeness (QED) is 0.812. The summed E-state index contributed by atoms with van der Waals surface area (Å²) in [4.78, 5) is 0. The van der Waals surface area contributed by atoms with Gasteiger partial charge in [0.1, 0.15) is 11.9 Å². The topological polar surface area (TPSA) is 29.5 Å². The van der Waals surface area contributed by atoms with Gasteiger partial charge < -0.3 is 9.84 Å². The highest BCUT2D eigenvalue weighted by Gasteiger charge is 2.23. The number of aliphatic hydroxyl groups is 1. The fourth-order valence-electron chi connectivity index (χ4n) is 1.89. The lowest BCUT2D eigenvalue weighted by molar-refractivity contribution is -0.0633. The van der Waals surface area contributed by atoms with Crippen LogP contribution in [0.15, 0.2) is 24.3 Å². The van der Waals surface area contributed by atoms with Gasteiger partial charge in [0.05, 0.1) is 6.10 Å². The van der Waals surface area contributed by atoms with Crippen LogP contribution in [0.25, 0.3) is 0 Å². The lowest BCUT2D eigenvalue weighted by atomic mass is 9.98. The van der Waals surface area contributed by atoms with Gasteiger partial charge in [-0.1, -0.05) is 12.1 Å². The Bertz CT molecular complexity index is 304. The van der Waals surface area contributed by atoms with Crippen molar-refractivity contribution in [2.24, 2.45) is 0 Å². The maximum atomic E-state index is 12.7. The minimum Gasteiger partial charge on any atom is -0.386 e. The lowest BCUT2D eigenvalue weighted by Crippen LogP contribution is -2.26. The third kappa shape index (κ3) is 2.55. The van der Waals surface area contributed by atoms with Crippen molar-refractivity contribution in [3.8, 4) is 0 Å². The molecule has 0 radical (unpaired) electrons. The van der Waals surface area contributed by atoms with E-state index in [4.69, 9.17) is 4.74 Å². The molecule has 0 aromatic heterocycles. The van der Waals surface area contributed by atoms with Crippen molar-refractivity contribution in [3.05, 3.63) is 35.6 Å². The van der Waals surface area contributed by atoms with E-state index in [0.717, 1.165) is 24.8 Å².